The molecule has 0 spiro atoms. The molecular weight excluding hydrogens is 426 g/mol. The summed E-state index contributed by atoms with van der Waals surface area (Å²) in [7, 11) is 0. The third-order valence-corrected chi connectivity index (χ3v) is 5.32. The molecule has 32 heavy (non-hydrogen) atoms. The predicted octanol–water partition coefficient (Wildman–Crippen LogP) is 2.72. The van der Waals surface area contributed by atoms with Crippen LogP contribution in [0.15, 0.2) is 18.3 Å². The molecule has 0 unspecified atom stereocenters. The Morgan fingerprint density at radius 1 is 1.31 bits per heavy atom. The highest BCUT2D eigenvalue weighted by Gasteiger charge is 2.47. The molecule has 3 aromatic heterocycles. The number of pyridine rings is 1. The van der Waals surface area contributed by atoms with E-state index >= 15 is 0 Å². The van der Waals surface area contributed by atoms with E-state index in [4.69, 9.17) is 14.2 Å². The molecule has 1 saturated heterocycles. The summed E-state index contributed by atoms with van der Waals surface area (Å²) in [5, 5.41) is 11.0. The molecule has 10 nitrogen and oxygen atoms in total. The van der Waals surface area contributed by atoms with Gasteiger partial charge in [0.2, 0.25) is 0 Å². The van der Waals surface area contributed by atoms with E-state index in [0.717, 1.165) is 0 Å². The zero-order chi connectivity index (χ0) is 23.1. The van der Waals surface area contributed by atoms with Gasteiger partial charge in [-0.25, -0.2) is 4.98 Å². The van der Waals surface area contributed by atoms with Gasteiger partial charge in [0.1, 0.15) is 5.69 Å². The maximum Gasteiger partial charge on any atom is 0.350 e. The number of imidazole rings is 1. The summed E-state index contributed by atoms with van der Waals surface area (Å²) < 4.78 is 44.9. The van der Waals surface area contributed by atoms with Crippen molar-refractivity contribution in [3.63, 3.8) is 0 Å². The Labute approximate surface area is 182 Å². The monoisotopic (exact) mass is 450 g/mol. The zero-order valence-corrected chi connectivity index (χ0v) is 18.2. The van der Waals surface area contributed by atoms with Gasteiger partial charge < -0.3 is 14.2 Å². The van der Waals surface area contributed by atoms with Crippen molar-refractivity contribution in [1.82, 2.24) is 29.6 Å². The molecule has 0 radical (unpaired) electrons. The fourth-order valence-electron chi connectivity index (χ4n) is 3.69. The van der Waals surface area contributed by atoms with Crippen LogP contribution in [-0.4, -0.2) is 61.0 Å². The van der Waals surface area contributed by atoms with E-state index in [1.807, 2.05) is 6.92 Å². The first-order chi connectivity index (χ1) is 15.2. The molecule has 0 N–H and O–H groups in total. The second-order valence-electron chi connectivity index (χ2n) is 8.11. The van der Waals surface area contributed by atoms with E-state index in [2.05, 4.69) is 20.4 Å². The molecule has 0 atom stereocenters. The number of carbonyl (C=O) groups is 1. The van der Waals surface area contributed by atoms with Crippen molar-refractivity contribution in [2.75, 3.05) is 19.8 Å². The molecule has 1 aliphatic heterocycles. The first-order valence-electron chi connectivity index (χ1n) is 10.2. The SMILES string of the molecule is CCOc1cccn2c(C(=O)CC3(c4nnn(C(F)F)n4)COC(C)(C)OC3)c(C)nc12. The third-order valence-electron chi connectivity index (χ3n) is 5.32. The maximum atomic E-state index is 13.5. The molecule has 4 rings (SSSR count). The van der Waals surface area contributed by atoms with Crippen LogP contribution in [-0.2, 0) is 14.9 Å². The number of rotatable bonds is 7. The van der Waals surface area contributed by atoms with E-state index in [-0.39, 0.29) is 36.0 Å². The Kier molecular flexibility index (Phi) is 5.67. The first-order valence-corrected chi connectivity index (χ1v) is 10.2. The van der Waals surface area contributed by atoms with Gasteiger partial charge in [0.05, 0.1) is 30.9 Å². The van der Waals surface area contributed by atoms with Crippen molar-refractivity contribution < 1.29 is 27.8 Å². The molecule has 172 valence electrons. The van der Waals surface area contributed by atoms with Crippen LogP contribution < -0.4 is 4.74 Å². The largest absolute Gasteiger partial charge is 0.490 e. The number of Topliss-reactive ketones (excluding diaryl/α,β-unsaturated/α-hetero) is 1. The lowest BCUT2D eigenvalue weighted by atomic mass is 9.81. The van der Waals surface area contributed by atoms with Crippen LogP contribution >= 0.6 is 0 Å². The maximum absolute atomic E-state index is 13.5. The number of ketones is 1. The van der Waals surface area contributed by atoms with Gasteiger partial charge in [0, 0.05) is 12.6 Å². The minimum Gasteiger partial charge on any atom is -0.490 e. The molecule has 0 bridgehead atoms. The van der Waals surface area contributed by atoms with Crippen LogP contribution in [0.5, 0.6) is 5.75 Å². The number of aromatic nitrogens is 6. The van der Waals surface area contributed by atoms with Crippen LogP contribution in [0.4, 0.5) is 8.78 Å². The summed E-state index contributed by atoms with van der Waals surface area (Å²) >= 11 is 0. The highest BCUT2D eigenvalue weighted by atomic mass is 19.3. The molecule has 4 heterocycles. The number of tetrazole rings is 1. The minimum atomic E-state index is -2.95. The average molecular weight is 450 g/mol. The zero-order valence-electron chi connectivity index (χ0n) is 18.2. The van der Waals surface area contributed by atoms with Crippen molar-refractivity contribution in [2.24, 2.45) is 0 Å². The fraction of sp³-hybridized carbons (Fsp3) is 0.550. The normalized spacial score (nSPS) is 17.7. The number of hydrogen-bond acceptors (Lipinski definition) is 8. The van der Waals surface area contributed by atoms with Crippen molar-refractivity contribution in [1.29, 1.82) is 0 Å². The van der Waals surface area contributed by atoms with Crippen LogP contribution in [0.2, 0.25) is 0 Å². The number of alkyl halides is 2. The Morgan fingerprint density at radius 3 is 2.66 bits per heavy atom. The molecule has 0 aliphatic carbocycles. The smallest absolute Gasteiger partial charge is 0.350 e. The lowest BCUT2D eigenvalue weighted by Gasteiger charge is -2.41. The van der Waals surface area contributed by atoms with Gasteiger partial charge in [-0.1, -0.05) is 4.80 Å². The molecule has 1 fully saturated rings. The van der Waals surface area contributed by atoms with Crippen LogP contribution in [0.1, 0.15) is 55.7 Å². The summed E-state index contributed by atoms with van der Waals surface area (Å²) in [4.78, 5) is 18.2. The van der Waals surface area contributed by atoms with Crippen LogP contribution in [0.3, 0.4) is 0 Å². The topological polar surface area (TPSA) is 106 Å². The summed E-state index contributed by atoms with van der Waals surface area (Å²) in [5.41, 5.74) is 0.197. The number of aryl methyl sites for hydroxylation is 1. The first kappa shape index (κ1) is 22.2. The van der Waals surface area contributed by atoms with Gasteiger partial charge in [0.25, 0.3) is 0 Å². The summed E-state index contributed by atoms with van der Waals surface area (Å²) in [6, 6.07) is 3.54. The number of nitrogens with zero attached hydrogens (tertiary/aromatic N) is 6. The summed E-state index contributed by atoms with van der Waals surface area (Å²) in [6.07, 6.45) is 1.57. The Morgan fingerprint density at radius 2 is 2.03 bits per heavy atom. The Balaban J connectivity index is 1.72. The predicted molar refractivity (Wildman–Crippen MR) is 107 cm³/mol. The number of halogens is 2. The van der Waals surface area contributed by atoms with E-state index in [1.54, 1.807) is 43.5 Å². The van der Waals surface area contributed by atoms with Gasteiger partial charge in [-0.2, -0.15) is 8.78 Å². The van der Waals surface area contributed by atoms with Gasteiger partial charge in [-0.05, 0) is 45.0 Å². The van der Waals surface area contributed by atoms with E-state index < -0.39 is 17.8 Å². The molecular formula is C20H24F2N6O4. The van der Waals surface area contributed by atoms with Crippen molar-refractivity contribution in [2.45, 2.75) is 51.9 Å². The van der Waals surface area contributed by atoms with Gasteiger partial charge >= 0.3 is 6.55 Å². The third kappa shape index (κ3) is 3.95. The number of ether oxygens (including phenoxy) is 3. The Hall–Kier alpha value is -2.99. The average Bonchev–Trinajstić information content (AvgIpc) is 3.35. The van der Waals surface area contributed by atoms with Gasteiger partial charge in [0.15, 0.2) is 28.8 Å². The molecule has 0 amide bonds. The van der Waals surface area contributed by atoms with Crippen molar-refractivity contribution >= 4 is 11.4 Å². The van der Waals surface area contributed by atoms with Crippen molar-refractivity contribution in [3.05, 3.63) is 35.5 Å². The van der Waals surface area contributed by atoms with Gasteiger partial charge in [-0.3, -0.25) is 9.20 Å². The molecule has 12 heteroatoms. The lowest BCUT2D eigenvalue weighted by molar-refractivity contribution is -0.270. The second-order valence-corrected chi connectivity index (χ2v) is 8.11. The number of hydrogen-bond donors (Lipinski definition) is 0. The standard InChI is InChI=1S/C20H24F2N6O4/c1-5-30-14-7-6-8-27-15(12(2)23-16(14)27)13(29)9-20(10-31-19(3,4)32-11-20)17-24-26-28(25-17)18(21)22/h6-8,18H,5,9-11H2,1-4H3. The quantitative estimate of drug-likeness (QED) is 0.506. The minimum absolute atomic E-state index is 0.000646. The molecule has 3 aromatic rings. The van der Waals surface area contributed by atoms with Gasteiger partial charge in [-0.15, -0.1) is 10.2 Å². The second kappa shape index (κ2) is 8.17. The molecule has 0 aromatic carbocycles. The van der Waals surface area contributed by atoms with E-state index in [9.17, 15) is 13.6 Å². The summed E-state index contributed by atoms with van der Waals surface area (Å²) in [6.45, 7) is 4.54. The molecule has 1 aliphatic rings. The fourth-order valence-corrected chi connectivity index (χ4v) is 3.69. The van der Waals surface area contributed by atoms with Crippen LogP contribution in [0.25, 0.3) is 5.65 Å². The highest BCUT2D eigenvalue weighted by Crippen LogP contribution is 2.36. The Bertz CT molecular complexity index is 1130. The number of fused-ring (bicyclic) bond motifs is 1. The van der Waals surface area contributed by atoms with E-state index in [1.165, 1.54) is 0 Å². The van der Waals surface area contributed by atoms with Crippen LogP contribution in [0, 0.1) is 6.92 Å². The van der Waals surface area contributed by atoms with Crippen molar-refractivity contribution in [3.8, 4) is 5.75 Å². The lowest BCUT2D eigenvalue weighted by Crippen LogP contribution is -2.51. The molecule has 0 saturated carbocycles. The highest BCUT2D eigenvalue weighted by molar-refractivity contribution is 5.97. The van der Waals surface area contributed by atoms with E-state index in [0.29, 0.717) is 29.4 Å². The number of carbonyl (C=O) groups excluding carboxylic acids is 1. The summed E-state index contributed by atoms with van der Waals surface area (Å²) in [5.74, 6) is -0.664.